The lowest BCUT2D eigenvalue weighted by atomic mass is 10.3. The molecule has 20 heavy (non-hydrogen) atoms. The molecule has 0 aliphatic heterocycles. The maximum Gasteiger partial charge on any atom is 0.434 e. The molecule has 0 bridgehead atoms. The largest absolute Gasteiger partial charge is 0.434 e. The van der Waals surface area contributed by atoms with Crippen molar-refractivity contribution in [2.45, 2.75) is 12.7 Å². The Balaban J connectivity index is 2.53. The molecule has 0 unspecified atom stereocenters. The van der Waals surface area contributed by atoms with Gasteiger partial charge < -0.3 is 5.32 Å². The summed E-state index contributed by atoms with van der Waals surface area (Å²) >= 11 is 7.51. The number of thiazole rings is 1. The van der Waals surface area contributed by atoms with E-state index in [0.29, 0.717) is 10.2 Å². The van der Waals surface area contributed by atoms with Gasteiger partial charge in [0.05, 0.1) is 4.88 Å². The van der Waals surface area contributed by atoms with E-state index >= 15 is 0 Å². The van der Waals surface area contributed by atoms with E-state index in [1.54, 1.807) is 13.1 Å². The second kappa shape index (κ2) is 6.08. The first kappa shape index (κ1) is 15.9. The Morgan fingerprint density at radius 3 is 2.60 bits per heavy atom. The lowest BCUT2D eigenvalue weighted by molar-refractivity contribution is -0.141. The summed E-state index contributed by atoms with van der Waals surface area (Å²) in [6, 6.07) is 1.72. The van der Waals surface area contributed by atoms with E-state index in [1.807, 2.05) is 0 Å². The summed E-state index contributed by atoms with van der Waals surface area (Å²) in [7, 11) is 1.59. The van der Waals surface area contributed by atoms with Gasteiger partial charge in [-0.25, -0.2) is 4.98 Å². The molecule has 0 aromatic carbocycles. The molecule has 0 aliphatic rings. The van der Waals surface area contributed by atoms with Crippen molar-refractivity contribution < 1.29 is 13.2 Å². The number of aromatic nitrogens is 2. The number of nitrogens with one attached hydrogen (secondary N) is 1. The summed E-state index contributed by atoms with van der Waals surface area (Å²) in [5.41, 5.74) is -0.463. The number of nitrogens with zero attached hydrogens (tertiary/aromatic N) is 2. The van der Waals surface area contributed by atoms with Gasteiger partial charge in [0, 0.05) is 21.7 Å². The minimum atomic E-state index is -4.47. The van der Waals surface area contributed by atoms with Crippen molar-refractivity contribution in [3.05, 3.63) is 31.8 Å². The Morgan fingerprint density at radius 2 is 2.05 bits per heavy atom. The van der Waals surface area contributed by atoms with Gasteiger partial charge in [-0.05, 0) is 45.0 Å². The fourth-order valence-electron chi connectivity index (χ4n) is 1.53. The summed E-state index contributed by atoms with van der Waals surface area (Å²) in [5.74, 6) is 0. The van der Waals surface area contributed by atoms with E-state index < -0.39 is 11.9 Å². The highest BCUT2D eigenvalue weighted by molar-refractivity contribution is 9.11. The molecule has 0 spiro atoms. The summed E-state index contributed by atoms with van der Waals surface area (Å²) in [6.07, 6.45) is -2.95. The molecule has 2 aromatic heterocycles. The second-order valence-electron chi connectivity index (χ2n) is 3.80. The van der Waals surface area contributed by atoms with Crippen molar-refractivity contribution in [1.29, 1.82) is 0 Å². The zero-order valence-corrected chi connectivity index (χ0v) is 14.0. The third-order valence-corrected chi connectivity index (χ3v) is 4.41. The number of rotatable bonds is 3. The van der Waals surface area contributed by atoms with Crippen molar-refractivity contribution >= 4 is 43.2 Å². The average molecular weight is 431 g/mol. The maximum absolute atomic E-state index is 12.9. The fourth-order valence-corrected chi connectivity index (χ4v) is 3.94. The highest BCUT2D eigenvalue weighted by atomic mass is 79.9. The van der Waals surface area contributed by atoms with Crippen LogP contribution >= 0.6 is 43.2 Å². The zero-order valence-electron chi connectivity index (χ0n) is 10.1. The summed E-state index contributed by atoms with van der Waals surface area (Å²) in [6.45, 7) is 0.112. The van der Waals surface area contributed by atoms with Gasteiger partial charge in [0.1, 0.15) is 10.7 Å². The van der Waals surface area contributed by atoms with Crippen LogP contribution < -0.4 is 5.32 Å². The van der Waals surface area contributed by atoms with Gasteiger partial charge in [-0.1, -0.05) is 0 Å². The van der Waals surface area contributed by atoms with E-state index in [0.717, 1.165) is 15.8 Å². The number of pyridine rings is 1. The minimum absolute atomic E-state index is 0.112. The van der Waals surface area contributed by atoms with Gasteiger partial charge >= 0.3 is 6.18 Å². The van der Waals surface area contributed by atoms with E-state index in [2.05, 4.69) is 47.1 Å². The minimum Gasteiger partial charge on any atom is -0.315 e. The smallest absolute Gasteiger partial charge is 0.315 e. The van der Waals surface area contributed by atoms with E-state index in [4.69, 9.17) is 0 Å². The first-order valence-electron chi connectivity index (χ1n) is 5.36. The van der Waals surface area contributed by atoms with E-state index in [1.165, 1.54) is 6.20 Å². The van der Waals surface area contributed by atoms with Crippen molar-refractivity contribution in [1.82, 2.24) is 15.3 Å². The van der Waals surface area contributed by atoms with Crippen LogP contribution in [-0.4, -0.2) is 17.0 Å². The van der Waals surface area contributed by atoms with Crippen molar-refractivity contribution in [3.63, 3.8) is 0 Å². The molecule has 108 valence electrons. The molecule has 0 amide bonds. The molecular formula is C11H8Br2F3N3S. The van der Waals surface area contributed by atoms with Gasteiger partial charge in [-0.15, -0.1) is 11.3 Å². The molecule has 9 heteroatoms. The number of halogens is 5. The van der Waals surface area contributed by atoms with Gasteiger partial charge in [0.25, 0.3) is 0 Å². The van der Waals surface area contributed by atoms with Crippen LogP contribution in [0.25, 0.3) is 10.7 Å². The molecule has 2 heterocycles. The van der Waals surface area contributed by atoms with Crippen LogP contribution in [0.3, 0.4) is 0 Å². The Hall–Kier alpha value is -0.510. The predicted molar refractivity (Wildman–Crippen MR) is 78.5 cm³/mol. The van der Waals surface area contributed by atoms with Gasteiger partial charge in [-0.2, -0.15) is 13.2 Å². The lowest BCUT2D eigenvalue weighted by Crippen LogP contribution is -2.12. The molecule has 0 saturated heterocycles. The molecular weight excluding hydrogens is 423 g/mol. The van der Waals surface area contributed by atoms with Crippen LogP contribution in [0.4, 0.5) is 13.2 Å². The predicted octanol–water partition coefficient (Wildman–Crippen LogP) is 4.47. The monoisotopic (exact) mass is 429 g/mol. The summed E-state index contributed by atoms with van der Waals surface area (Å²) in [4.78, 5) is 7.96. The van der Waals surface area contributed by atoms with Crippen LogP contribution in [0.1, 0.15) is 10.6 Å². The van der Waals surface area contributed by atoms with Crippen molar-refractivity contribution in [2.75, 3.05) is 7.05 Å². The maximum atomic E-state index is 12.9. The van der Waals surface area contributed by atoms with E-state index in [-0.39, 0.29) is 16.4 Å². The van der Waals surface area contributed by atoms with Gasteiger partial charge in [-0.3, -0.25) is 4.98 Å². The van der Waals surface area contributed by atoms with Crippen LogP contribution in [0.2, 0.25) is 0 Å². The Labute approximate surface area is 133 Å². The van der Waals surface area contributed by atoms with Crippen molar-refractivity contribution in [3.8, 4) is 10.7 Å². The van der Waals surface area contributed by atoms with Crippen LogP contribution in [-0.2, 0) is 12.7 Å². The van der Waals surface area contributed by atoms with Gasteiger partial charge in [0.15, 0.2) is 5.69 Å². The zero-order chi connectivity index (χ0) is 14.9. The molecule has 0 atom stereocenters. The SMILES string of the molecule is CNCc1sc(-c2ncc(Br)cc2Br)nc1C(F)(F)F. The summed E-state index contributed by atoms with van der Waals surface area (Å²) < 4.78 is 40.1. The lowest BCUT2D eigenvalue weighted by Gasteiger charge is -2.04. The van der Waals surface area contributed by atoms with Gasteiger partial charge in [0.2, 0.25) is 0 Å². The van der Waals surface area contributed by atoms with Crippen LogP contribution in [0.5, 0.6) is 0 Å². The number of alkyl halides is 3. The molecule has 0 saturated carbocycles. The molecule has 0 radical (unpaired) electrons. The third-order valence-electron chi connectivity index (χ3n) is 2.31. The first-order chi connectivity index (χ1) is 9.32. The highest BCUT2D eigenvalue weighted by Gasteiger charge is 2.37. The third kappa shape index (κ3) is 3.38. The Kier molecular flexibility index (Phi) is 4.83. The molecule has 0 aliphatic carbocycles. The number of hydrogen-bond acceptors (Lipinski definition) is 4. The molecule has 2 aromatic rings. The highest BCUT2D eigenvalue weighted by Crippen LogP contribution is 2.39. The molecule has 0 fully saturated rings. The standard InChI is InChI=1S/C11H8Br2F3N3S/c1-17-4-7-9(11(14,15)16)19-10(20-7)8-6(13)2-5(12)3-18-8/h2-3,17H,4H2,1H3. The van der Waals surface area contributed by atoms with Crippen LogP contribution in [0.15, 0.2) is 21.2 Å². The fraction of sp³-hybridized carbons (Fsp3) is 0.273. The molecule has 3 nitrogen and oxygen atoms in total. The Bertz CT molecular complexity index is 628. The first-order valence-corrected chi connectivity index (χ1v) is 7.76. The summed E-state index contributed by atoms with van der Waals surface area (Å²) in [5, 5.41) is 2.95. The Morgan fingerprint density at radius 1 is 1.35 bits per heavy atom. The second-order valence-corrected chi connectivity index (χ2v) is 6.66. The van der Waals surface area contributed by atoms with Crippen LogP contribution in [0, 0.1) is 0 Å². The average Bonchev–Trinajstić information content (AvgIpc) is 2.73. The molecule has 2 rings (SSSR count). The van der Waals surface area contributed by atoms with E-state index in [9.17, 15) is 13.2 Å². The quantitative estimate of drug-likeness (QED) is 0.780. The molecule has 1 N–H and O–H groups in total. The number of hydrogen-bond donors (Lipinski definition) is 1. The normalized spacial score (nSPS) is 11.9. The topological polar surface area (TPSA) is 37.8 Å². The van der Waals surface area contributed by atoms with Crippen molar-refractivity contribution in [2.24, 2.45) is 0 Å².